The summed E-state index contributed by atoms with van der Waals surface area (Å²) in [4.78, 5) is 18.3. The van der Waals surface area contributed by atoms with Crippen LogP contribution < -0.4 is 0 Å². The lowest BCUT2D eigenvalue weighted by Gasteiger charge is -2.01. The SMILES string of the molecule is C=CC(=O)OCC.COP(=O)(O)OC. The molecule has 84 valence electrons. The van der Waals surface area contributed by atoms with Crippen molar-refractivity contribution in [3.63, 3.8) is 0 Å². The van der Waals surface area contributed by atoms with Crippen LogP contribution in [0.25, 0.3) is 0 Å². The van der Waals surface area contributed by atoms with Gasteiger partial charge in [0.15, 0.2) is 0 Å². The molecule has 0 aliphatic carbocycles. The van der Waals surface area contributed by atoms with Crippen LogP contribution in [0.4, 0.5) is 0 Å². The van der Waals surface area contributed by atoms with Crippen molar-refractivity contribution in [2.75, 3.05) is 20.8 Å². The van der Waals surface area contributed by atoms with E-state index in [1.54, 1.807) is 6.92 Å². The molecule has 7 heteroatoms. The van der Waals surface area contributed by atoms with Crippen molar-refractivity contribution in [3.8, 4) is 0 Å². The van der Waals surface area contributed by atoms with Crippen LogP contribution in [0, 0.1) is 0 Å². The summed E-state index contributed by atoms with van der Waals surface area (Å²) in [6.07, 6.45) is 1.14. The minimum Gasteiger partial charge on any atom is -0.463 e. The van der Waals surface area contributed by atoms with E-state index in [1.807, 2.05) is 0 Å². The molecule has 0 aliphatic rings. The molecule has 0 bridgehead atoms. The van der Waals surface area contributed by atoms with E-state index in [0.717, 1.165) is 20.3 Å². The van der Waals surface area contributed by atoms with Gasteiger partial charge in [-0.1, -0.05) is 6.58 Å². The van der Waals surface area contributed by atoms with Crippen molar-refractivity contribution in [2.45, 2.75) is 6.92 Å². The largest absolute Gasteiger partial charge is 0.471 e. The Morgan fingerprint density at radius 2 is 1.93 bits per heavy atom. The molecular formula is C7H15O6P. The van der Waals surface area contributed by atoms with Crippen LogP contribution in [0.15, 0.2) is 12.7 Å². The Hall–Kier alpha value is -0.680. The highest BCUT2D eigenvalue weighted by Crippen LogP contribution is 2.40. The van der Waals surface area contributed by atoms with E-state index >= 15 is 0 Å². The summed E-state index contributed by atoms with van der Waals surface area (Å²) in [6.45, 7) is 5.38. The molecule has 0 aromatic rings. The molecule has 0 unspecified atom stereocenters. The maximum Gasteiger partial charge on any atom is 0.471 e. The van der Waals surface area contributed by atoms with Gasteiger partial charge in [-0.15, -0.1) is 0 Å². The summed E-state index contributed by atoms with van der Waals surface area (Å²) in [7, 11) is -1.45. The second-order valence-electron chi connectivity index (χ2n) is 1.79. The lowest BCUT2D eigenvalue weighted by atomic mass is 10.6. The first-order valence-corrected chi connectivity index (χ1v) is 5.16. The normalized spacial score (nSPS) is 9.71. The van der Waals surface area contributed by atoms with Gasteiger partial charge in [-0.3, -0.25) is 9.05 Å². The molecule has 0 aromatic heterocycles. The fourth-order valence-electron chi connectivity index (χ4n) is 0.276. The van der Waals surface area contributed by atoms with Gasteiger partial charge in [0, 0.05) is 20.3 Å². The highest BCUT2D eigenvalue weighted by atomic mass is 31.2. The summed E-state index contributed by atoms with van der Waals surface area (Å²) in [6, 6.07) is 0. The van der Waals surface area contributed by atoms with Crippen LogP contribution in [-0.4, -0.2) is 31.7 Å². The maximum atomic E-state index is 10.1. The van der Waals surface area contributed by atoms with Crippen LogP contribution in [0.3, 0.4) is 0 Å². The molecule has 6 nitrogen and oxygen atoms in total. The van der Waals surface area contributed by atoms with E-state index in [1.165, 1.54) is 0 Å². The molecule has 0 rings (SSSR count). The molecule has 1 N–H and O–H groups in total. The van der Waals surface area contributed by atoms with Crippen molar-refractivity contribution in [1.29, 1.82) is 0 Å². The molecule has 0 heterocycles. The lowest BCUT2D eigenvalue weighted by molar-refractivity contribution is -0.137. The Bertz CT molecular complexity index is 206. The number of ether oxygens (including phenoxy) is 1. The molecule has 0 saturated heterocycles. The Balaban J connectivity index is 0. The molecule has 0 fully saturated rings. The summed E-state index contributed by atoms with van der Waals surface area (Å²) >= 11 is 0. The van der Waals surface area contributed by atoms with E-state index in [4.69, 9.17) is 4.89 Å². The molecule has 0 atom stereocenters. The number of phosphoric acid groups is 1. The van der Waals surface area contributed by atoms with Crippen molar-refractivity contribution in [1.82, 2.24) is 0 Å². The molecule has 0 radical (unpaired) electrons. The van der Waals surface area contributed by atoms with E-state index in [9.17, 15) is 9.36 Å². The smallest absolute Gasteiger partial charge is 0.463 e. The standard InChI is InChI=1S/C5H8O2.C2H7O4P/c1-3-5(6)7-4-2;1-5-7(3,4)6-2/h3H,1,4H2,2H3;1-2H3,(H,3,4). The first-order chi connectivity index (χ1) is 6.43. The van der Waals surface area contributed by atoms with Gasteiger partial charge in [-0.2, -0.15) is 0 Å². The number of carbonyl (C=O) groups is 1. The van der Waals surface area contributed by atoms with Crippen molar-refractivity contribution in [2.24, 2.45) is 0 Å². The first-order valence-electron chi connectivity index (χ1n) is 3.67. The van der Waals surface area contributed by atoms with Crippen molar-refractivity contribution >= 4 is 13.8 Å². The minimum atomic E-state index is -3.65. The maximum absolute atomic E-state index is 10.1. The van der Waals surface area contributed by atoms with E-state index in [2.05, 4.69) is 20.4 Å². The molecule has 0 amide bonds. The molecular weight excluding hydrogens is 211 g/mol. The Morgan fingerprint density at radius 1 is 1.50 bits per heavy atom. The first kappa shape index (κ1) is 15.8. The van der Waals surface area contributed by atoms with E-state index in [-0.39, 0.29) is 5.97 Å². The quantitative estimate of drug-likeness (QED) is 0.439. The lowest BCUT2D eigenvalue weighted by Crippen LogP contribution is -1.97. The fourth-order valence-corrected chi connectivity index (χ4v) is 0.425. The fraction of sp³-hybridized carbons (Fsp3) is 0.571. The third kappa shape index (κ3) is 11.3. The third-order valence-electron chi connectivity index (χ3n) is 0.915. The van der Waals surface area contributed by atoms with Crippen LogP contribution >= 0.6 is 7.82 Å². The number of hydrogen-bond acceptors (Lipinski definition) is 5. The molecule has 0 aromatic carbocycles. The van der Waals surface area contributed by atoms with Gasteiger partial charge in [-0.25, -0.2) is 9.36 Å². The summed E-state index contributed by atoms with van der Waals surface area (Å²) in [5.74, 6) is -0.359. The van der Waals surface area contributed by atoms with Crippen molar-refractivity contribution < 1.29 is 28.0 Å². The minimum absolute atomic E-state index is 0.359. The van der Waals surface area contributed by atoms with E-state index < -0.39 is 7.82 Å². The predicted molar refractivity (Wildman–Crippen MR) is 50.7 cm³/mol. The van der Waals surface area contributed by atoms with Gasteiger partial charge in [-0.05, 0) is 6.92 Å². The number of hydrogen-bond donors (Lipinski definition) is 1. The van der Waals surface area contributed by atoms with Crippen LogP contribution in [0.1, 0.15) is 6.92 Å². The zero-order chi connectivity index (χ0) is 11.6. The molecule has 0 saturated carbocycles. The number of carbonyl (C=O) groups excluding carboxylic acids is 1. The Morgan fingerprint density at radius 3 is 2.00 bits per heavy atom. The average Bonchev–Trinajstić information content (AvgIpc) is 2.19. The van der Waals surface area contributed by atoms with Gasteiger partial charge in [0.1, 0.15) is 0 Å². The Kier molecular flexibility index (Phi) is 10.0. The second-order valence-corrected chi connectivity index (χ2v) is 3.46. The Labute approximate surface area is 83.1 Å². The van der Waals surface area contributed by atoms with Crippen LogP contribution in [0.5, 0.6) is 0 Å². The topological polar surface area (TPSA) is 82.1 Å². The molecule has 14 heavy (non-hydrogen) atoms. The second kappa shape index (κ2) is 8.90. The highest BCUT2D eigenvalue weighted by Gasteiger charge is 2.13. The van der Waals surface area contributed by atoms with E-state index in [0.29, 0.717) is 6.61 Å². The zero-order valence-electron chi connectivity index (χ0n) is 8.43. The monoisotopic (exact) mass is 226 g/mol. The van der Waals surface area contributed by atoms with Crippen LogP contribution in [0.2, 0.25) is 0 Å². The number of phosphoric ester groups is 1. The third-order valence-corrected chi connectivity index (χ3v) is 1.84. The average molecular weight is 226 g/mol. The predicted octanol–water partition coefficient (Wildman–Crippen LogP) is 1.12. The summed E-state index contributed by atoms with van der Waals surface area (Å²) in [5, 5.41) is 0. The van der Waals surface area contributed by atoms with Gasteiger partial charge in [0.05, 0.1) is 6.61 Å². The summed E-state index contributed by atoms with van der Waals surface area (Å²) < 4.78 is 22.4. The van der Waals surface area contributed by atoms with Gasteiger partial charge < -0.3 is 9.63 Å². The van der Waals surface area contributed by atoms with Gasteiger partial charge >= 0.3 is 13.8 Å². The highest BCUT2D eigenvalue weighted by molar-refractivity contribution is 7.47. The van der Waals surface area contributed by atoms with Crippen molar-refractivity contribution in [3.05, 3.63) is 12.7 Å². The summed E-state index contributed by atoms with van der Waals surface area (Å²) in [5.41, 5.74) is 0. The zero-order valence-corrected chi connectivity index (χ0v) is 9.32. The van der Waals surface area contributed by atoms with Gasteiger partial charge in [0.2, 0.25) is 0 Å². The van der Waals surface area contributed by atoms with Gasteiger partial charge in [0.25, 0.3) is 0 Å². The molecule has 0 aliphatic heterocycles. The molecule has 0 spiro atoms. The number of esters is 1. The van der Waals surface area contributed by atoms with Crippen LogP contribution in [-0.2, 0) is 23.1 Å². The number of rotatable bonds is 4.